The van der Waals surface area contributed by atoms with Crippen molar-refractivity contribution >= 4 is 21.4 Å². The minimum atomic E-state index is -3.96. The zero-order valence-corrected chi connectivity index (χ0v) is 11.4. The maximum absolute atomic E-state index is 13.3. The molecule has 0 aromatic heterocycles. The summed E-state index contributed by atoms with van der Waals surface area (Å²) in [4.78, 5) is -0.262. The van der Waals surface area contributed by atoms with E-state index in [1.165, 1.54) is 25.2 Å². The van der Waals surface area contributed by atoms with E-state index < -0.39 is 21.7 Å². The van der Waals surface area contributed by atoms with Crippen molar-refractivity contribution in [2.45, 2.75) is 4.90 Å². The minimum Gasteiger partial charge on any atom is -0.399 e. The van der Waals surface area contributed by atoms with Crippen LogP contribution in [0, 0.1) is 11.6 Å². The van der Waals surface area contributed by atoms with Crippen molar-refractivity contribution in [2.24, 2.45) is 0 Å². The number of nitrogens with zero attached hydrogens (tertiary/aromatic N) is 1. The van der Waals surface area contributed by atoms with Crippen molar-refractivity contribution in [3.8, 4) is 0 Å². The Bertz CT molecular complexity index is 710. The van der Waals surface area contributed by atoms with Gasteiger partial charge in [-0.2, -0.15) is 0 Å². The monoisotopic (exact) mass is 298 g/mol. The number of sulfonamides is 1. The lowest BCUT2D eigenvalue weighted by atomic mass is 10.3. The normalized spacial score (nSPS) is 11.3. The average molecular weight is 298 g/mol. The summed E-state index contributed by atoms with van der Waals surface area (Å²) in [5.74, 6) is -1.22. The topological polar surface area (TPSA) is 63.4 Å². The highest BCUT2D eigenvalue weighted by atomic mass is 32.2. The molecule has 0 bridgehead atoms. The third-order valence-corrected chi connectivity index (χ3v) is 4.51. The SMILES string of the molecule is CN(c1ccc(F)cc1)S(=O)(=O)c1cc(N)cc(F)c1. The molecule has 0 spiro atoms. The van der Waals surface area contributed by atoms with Crippen LogP contribution in [0.25, 0.3) is 0 Å². The van der Waals surface area contributed by atoms with Crippen LogP contribution in [0.3, 0.4) is 0 Å². The van der Waals surface area contributed by atoms with Gasteiger partial charge in [-0.05, 0) is 42.5 Å². The maximum atomic E-state index is 13.3. The van der Waals surface area contributed by atoms with E-state index in [0.29, 0.717) is 0 Å². The van der Waals surface area contributed by atoms with Crippen molar-refractivity contribution in [2.75, 3.05) is 17.1 Å². The van der Waals surface area contributed by atoms with E-state index in [-0.39, 0.29) is 16.3 Å². The molecule has 7 heteroatoms. The molecule has 2 aromatic carbocycles. The van der Waals surface area contributed by atoms with E-state index >= 15 is 0 Å². The van der Waals surface area contributed by atoms with Gasteiger partial charge in [0.25, 0.3) is 10.0 Å². The van der Waals surface area contributed by atoms with Gasteiger partial charge in [-0.15, -0.1) is 0 Å². The number of benzene rings is 2. The summed E-state index contributed by atoms with van der Waals surface area (Å²) >= 11 is 0. The Balaban J connectivity index is 2.46. The van der Waals surface area contributed by atoms with Crippen LogP contribution in [-0.4, -0.2) is 15.5 Å². The molecule has 0 atom stereocenters. The van der Waals surface area contributed by atoms with Gasteiger partial charge in [0.1, 0.15) is 11.6 Å². The van der Waals surface area contributed by atoms with Gasteiger partial charge < -0.3 is 5.73 Å². The highest BCUT2D eigenvalue weighted by molar-refractivity contribution is 7.92. The standard InChI is InChI=1S/C13H12F2N2O2S/c1-17(12-4-2-9(14)3-5-12)20(18,19)13-7-10(15)6-11(16)8-13/h2-8H,16H2,1H3. The molecule has 0 aliphatic heterocycles. The van der Waals surface area contributed by atoms with E-state index in [9.17, 15) is 17.2 Å². The molecular formula is C13H12F2N2O2S. The van der Waals surface area contributed by atoms with Crippen LogP contribution in [0.1, 0.15) is 0 Å². The number of nitrogens with two attached hydrogens (primary N) is 1. The molecule has 0 saturated carbocycles. The number of anilines is 2. The third-order valence-electron chi connectivity index (χ3n) is 2.74. The number of hydrogen-bond donors (Lipinski definition) is 1. The minimum absolute atomic E-state index is 0.0103. The smallest absolute Gasteiger partial charge is 0.264 e. The third kappa shape index (κ3) is 2.72. The van der Waals surface area contributed by atoms with E-state index in [2.05, 4.69) is 0 Å². The summed E-state index contributed by atoms with van der Waals surface area (Å²) in [5, 5.41) is 0. The molecule has 0 amide bonds. The Morgan fingerprint density at radius 1 is 1.00 bits per heavy atom. The predicted octanol–water partition coefficient (Wildman–Crippen LogP) is 2.37. The number of halogens is 2. The molecule has 0 aliphatic carbocycles. The van der Waals surface area contributed by atoms with Crippen molar-refractivity contribution in [1.82, 2.24) is 0 Å². The Labute approximate surface area is 115 Å². The quantitative estimate of drug-likeness (QED) is 0.885. The van der Waals surface area contributed by atoms with Crippen LogP contribution >= 0.6 is 0 Å². The van der Waals surface area contributed by atoms with E-state index in [4.69, 9.17) is 5.73 Å². The molecular weight excluding hydrogens is 286 g/mol. The predicted molar refractivity (Wildman–Crippen MR) is 72.8 cm³/mol. The lowest BCUT2D eigenvalue weighted by Gasteiger charge is -2.19. The van der Waals surface area contributed by atoms with Crippen LogP contribution in [0.5, 0.6) is 0 Å². The summed E-state index contributed by atoms with van der Waals surface area (Å²) in [5.41, 5.74) is 5.71. The Hall–Kier alpha value is -2.15. The molecule has 2 aromatic rings. The first-order valence-electron chi connectivity index (χ1n) is 5.61. The molecule has 0 fully saturated rings. The molecule has 0 aliphatic rings. The molecule has 106 valence electrons. The Morgan fingerprint density at radius 3 is 2.15 bits per heavy atom. The van der Waals surface area contributed by atoms with Gasteiger partial charge in [0, 0.05) is 12.7 Å². The van der Waals surface area contributed by atoms with Crippen LogP contribution in [0.15, 0.2) is 47.4 Å². The fourth-order valence-electron chi connectivity index (χ4n) is 1.68. The van der Waals surface area contributed by atoms with Gasteiger partial charge in [0.2, 0.25) is 0 Å². The van der Waals surface area contributed by atoms with Gasteiger partial charge in [-0.25, -0.2) is 17.2 Å². The average Bonchev–Trinajstić information content (AvgIpc) is 2.37. The molecule has 0 radical (unpaired) electrons. The van der Waals surface area contributed by atoms with Crippen molar-refractivity contribution in [3.63, 3.8) is 0 Å². The molecule has 4 nitrogen and oxygen atoms in total. The van der Waals surface area contributed by atoms with Crippen molar-refractivity contribution in [1.29, 1.82) is 0 Å². The van der Waals surface area contributed by atoms with Crippen molar-refractivity contribution in [3.05, 3.63) is 54.1 Å². The largest absolute Gasteiger partial charge is 0.399 e. The van der Waals surface area contributed by atoms with Crippen LogP contribution < -0.4 is 10.0 Å². The van der Waals surface area contributed by atoms with Gasteiger partial charge in [0.05, 0.1) is 10.6 Å². The maximum Gasteiger partial charge on any atom is 0.264 e. The first kappa shape index (κ1) is 14.3. The zero-order valence-electron chi connectivity index (χ0n) is 10.5. The van der Waals surface area contributed by atoms with Crippen LogP contribution in [0.2, 0.25) is 0 Å². The molecule has 0 saturated heterocycles. The summed E-state index contributed by atoms with van der Waals surface area (Å²) in [6.07, 6.45) is 0. The first-order chi connectivity index (χ1) is 9.30. The lowest BCUT2D eigenvalue weighted by Crippen LogP contribution is -2.26. The first-order valence-corrected chi connectivity index (χ1v) is 7.05. The summed E-state index contributed by atoms with van der Waals surface area (Å²) < 4.78 is 51.7. The molecule has 2 rings (SSSR count). The highest BCUT2D eigenvalue weighted by Crippen LogP contribution is 2.24. The Morgan fingerprint density at radius 2 is 1.60 bits per heavy atom. The second kappa shape index (κ2) is 5.09. The number of nitrogen functional groups attached to an aromatic ring is 1. The highest BCUT2D eigenvalue weighted by Gasteiger charge is 2.22. The number of rotatable bonds is 3. The fraction of sp³-hybridized carbons (Fsp3) is 0.0769. The molecule has 2 N–H and O–H groups in total. The molecule has 0 unspecified atom stereocenters. The van der Waals surface area contributed by atoms with Crippen LogP contribution in [-0.2, 0) is 10.0 Å². The van der Waals surface area contributed by atoms with Crippen LogP contribution in [0.4, 0.5) is 20.2 Å². The second-order valence-electron chi connectivity index (χ2n) is 4.17. The second-order valence-corrected chi connectivity index (χ2v) is 6.14. The molecule has 20 heavy (non-hydrogen) atoms. The van der Waals surface area contributed by atoms with Gasteiger partial charge in [-0.1, -0.05) is 0 Å². The molecule has 0 heterocycles. The van der Waals surface area contributed by atoms with E-state index in [1.54, 1.807) is 0 Å². The fourth-order valence-corrected chi connectivity index (χ4v) is 2.94. The van der Waals surface area contributed by atoms with E-state index in [0.717, 1.165) is 28.6 Å². The van der Waals surface area contributed by atoms with Gasteiger partial charge in [0.15, 0.2) is 0 Å². The summed E-state index contributed by atoms with van der Waals surface area (Å²) in [6, 6.07) is 7.98. The summed E-state index contributed by atoms with van der Waals surface area (Å²) in [7, 11) is -2.66. The van der Waals surface area contributed by atoms with Crippen molar-refractivity contribution < 1.29 is 17.2 Å². The summed E-state index contributed by atoms with van der Waals surface area (Å²) in [6.45, 7) is 0. The zero-order chi connectivity index (χ0) is 14.9. The van der Waals surface area contributed by atoms with E-state index in [1.807, 2.05) is 0 Å². The van der Waals surface area contributed by atoms with Gasteiger partial charge >= 0.3 is 0 Å². The lowest BCUT2D eigenvalue weighted by molar-refractivity contribution is 0.589. The number of hydrogen-bond acceptors (Lipinski definition) is 3. The Kier molecular flexibility index (Phi) is 3.63. The van der Waals surface area contributed by atoms with Gasteiger partial charge in [-0.3, -0.25) is 4.31 Å².